The van der Waals surface area contributed by atoms with Gasteiger partial charge in [-0.1, -0.05) is 23.2 Å². The number of hydrogen-bond acceptors (Lipinski definition) is 3. The van der Waals surface area contributed by atoms with Crippen molar-refractivity contribution in [3.8, 4) is 0 Å². The van der Waals surface area contributed by atoms with Crippen molar-refractivity contribution in [1.29, 1.82) is 0 Å². The van der Waals surface area contributed by atoms with Crippen LogP contribution >= 0.6 is 23.2 Å². The van der Waals surface area contributed by atoms with Gasteiger partial charge in [-0.3, -0.25) is 14.9 Å². The molecule has 0 unspecified atom stereocenters. The quantitative estimate of drug-likeness (QED) is 0.505. The van der Waals surface area contributed by atoms with Gasteiger partial charge in [0.05, 0.1) is 4.92 Å². The van der Waals surface area contributed by atoms with Gasteiger partial charge in [0, 0.05) is 39.5 Å². The Labute approximate surface area is 136 Å². The van der Waals surface area contributed by atoms with Crippen molar-refractivity contribution in [2.75, 3.05) is 5.32 Å². The number of hydrogen-bond donors (Lipinski definition) is 1. The summed E-state index contributed by atoms with van der Waals surface area (Å²) in [6.45, 7) is 0. The molecule has 0 saturated carbocycles. The van der Waals surface area contributed by atoms with Crippen LogP contribution in [0.15, 0.2) is 48.5 Å². The molecule has 0 bridgehead atoms. The highest BCUT2D eigenvalue weighted by Crippen LogP contribution is 2.23. The van der Waals surface area contributed by atoms with Crippen molar-refractivity contribution in [3.05, 3.63) is 74.3 Å². The zero-order valence-electron chi connectivity index (χ0n) is 11.1. The molecule has 0 spiro atoms. The molecule has 2 aromatic rings. The number of nitrogens with zero attached hydrogens (tertiary/aromatic N) is 1. The molecule has 0 atom stereocenters. The molecule has 22 heavy (non-hydrogen) atoms. The fraction of sp³-hybridized carbons (Fsp3) is 0. The Hall–Kier alpha value is -2.37. The second-order valence-electron chi connectivity index (χ2n) is 4.29. The number of benzene rings is 2. The molecule has 7 heteroatoms. The lowest BCUT2D eigenvalue weighted by molar-refractivity contribution is -0.384. The number of amides is 1. The number of non-ortho nitro benzene ring substituents is 1. The van der Waals surface area contributed by atoms with E-state index in [9.17, 15) is 14.9 Å². The molecular formula is C15H10Cl2N2O3. The van der Waals surface area contributed by atoms with Crippen LogP contribution in [0.4, 0.5) is 11.4 Å². The summed E-state index contributed by atoms with van der Waals surface area (Å²) >= 11 is 11.7. The molecule has 0 radical (unpaired) electrons. The summed E-state index contributed by atoms with van der Waals surface area (Å²) in [7, 11) is 0. The Kier molecular flexibility index (Phi) is 5.14. The fourth-order valence-corrected chi connectivity index (χ4v) is 1.96. The molecule has 0 fully saturated rings. The average molecular weight is 337 g/mol. The lowest BCUT2D eigenvalue weighted by Gasteiger charge is -2.02. The van der Waals surface area contributed by atoms with Crippen LogP contribution in [-0.4, -0.2) is 10.8 Å². The molecule has 0 saturated heterocycles. The third-order valence-corrected chi connectivity index (χ3v) is 3.31. The Morgan fingerprint density at radius 1 is 1.14 bits per heavy atom. The number of nitrogens with one attached hydrogen (secondary N) is 1. The Morgan fingerprint density at radius 3 is 2.45 bits per heavy atom. The number of anilines is 1. The van der Waals surface area contributed by atoms with E-state index in [2.05, 4.69) is 5.32 Å². The lowest BCUT2D eigenvalue weighted by Crippen LogP contribution is -2.07. The largest absolute Gasteiger partial charge is 0.323 e. The minimum atomic E-state index is -0.526. The summed E-state index contributed by atoms with van der Waals surface area (Å²) < 4.78 is 0. The van der Waals surface area contributed by atoms with Crippen LogP contribution in [0.5, 0.6) is 0 Å². The predicted octanol–water partition coefficient (Wildman–Crippen LogP) is 4.55. The summed E-state index contributed by atoms with van der Waals surface area (Å²) in [5, 5.41) is 14.2. The third-order valence-electron chi connectivity index (χ3n) is 2.72. The van der Waals surface area contributed by atoms with E-state index in [1.165, 1.54) is 30.4 Å². The molecule has 2 aromatic carbocycles. The van der Waals surface area contributed by atoms with Gasteiger partial charge in [-0.25, -0.2) is 0 Å². The number of halogens is 2. The maximum absolute atomic E-state index is 11.8. The standard InChI is InChI=1S/C15H10Cl2N2O3/c16-11-2-4-12(5-3-11)18-15(20)8-1-10-9-13(19(21)22)6-7-14(10)17/h1-9H,(H,18,20). The van der Waals surface area contributed by atoms with Crippen molar-refractivity contribution in [3.63, 3.8) is 0 Å². The van der Waals surface area contributed by atoms with Crippen LogP contribution in [0.25, 0.3) is 6.08 Å². The van der Waals surface area contributed by atoms with Gasteiger partial charge in [0.25, 0.3) is 5.69 Å². The molecule has 112 valence electrons. The van der Waals surface area contributed by atoms with Gasteiger partial charge in [0.15, 0.2) is 0 Å². The lowest BCUT2D eigenvalue weighted by atomic mass is 10.2. The molecular weight excluding hydrogens is 327 g/mol. The van der Waals surface area contributed by atoms with Crippen molar-refractivity contribution < 1.29 is 9.72 Å². The summed E-state index contributed by atoms with van der Waals surface area (Å²) in [4.78, 5) is 22.0. The van der Waals surface area contributed by atoms with Crippen molar-refractivity contribution in [2.45, 2.75) is 0 Å². The van der Waals surface area contributed by atoms with E-state index < -0.39 is 4.92 Å². The van der Waals surface area contributed by atoms with E-state index in [0.29, 0.717) is 21.3 Å². The van der Waals surface area contributed by atoms with E-state index in [1.54, 1.807) is 24.3 Å². The van der Waals surface area contributed by atoms with Crippen molar-refractivity contribution in [2.24, 2.45) is 0 Å². The van der Waals surface area contributed by atoms with E-state index in [0.717, 1.165) is 0 Å². The number of rotatable bonds is 4. The van der Waals surface area contributed by atoms with Gasteiger partial charge >= 0.3 is 0 Å². The minimum absolute atomic E-state index is 0.0952. The highest BCUT2D eigenvalue weighted by Gasteiger charge is 2.08. The van der Waals surface area contributed by atoms with Crippen LogP contribution in [0.1, 0.15) is 5.56 Å². The Balaban J connectivity index is 2.10. The molecule has 0 aromatic heterocycles. The van der Waals surface area contributed by atoms with Crippen LogP contribution in [-0.2, 0) is 4.79 Å². The van der Waals surface area contributed by atoms with E-state index in [4.69, 9.17) is 23.2 Å². The maximum Gasteiger partial charge on any atom is 0.270 e. The zero-order valence-corrected chi connectivity index (χ0v) is 12.6. The third kappa shape index (κ3) is 4.31. The predicted molar refractivity (Wildman–Crippen MR) is 87.2 cm³/mol. The molecule has 5 nitrogen and oxygen atoms in total. The van der Waals surface area contributed by atoms with Gasteiger partial charge in [-0.2, -0.15) is 0 Å². The smallest absolute Gasteiger partial charge is 0.270 e. The minimum Gasteiger partial charge on any atom is -0.323 e. The molecule has 0 aliphatic heterocycles. The number of nitro benzene ring substituents is 1. The van der Waals surface area contributed by atoms with Crippen LogP contribution in [0, 0.1) is 10.1 Å². The highest BCUT2D eigenvalue weighted by molar-refractivity contribution is 6.32. The zero-order chi connectivity index (χ0) is 16.1. The number of carbonyl (C=O) groups is 1. The highest BCUT2D eigenvalue weighted by atomic mass is 35.5. The van der Waals surface area contributed by atoms with Crippen LogP contribution in [0.2, 0.25) is 10.0 Å². The van der Waals surface area contributed by atoms with E-state index >= 15 is 0 Å². The van der Waals surface area contributed by atoms with Crippen LogP contribution < -0.4 is 5.32 Å². The van der Waals surface area contributed by atoms with Gasteiger partial charge < -0.3 is 5.32 Å². The summed E-state index contributed by atoms with van der Waals surface area (Å²) in [5.41, 5.74) is 0.883. The first-order valence-electron chi connectivity index (χ1n) is 6.14. The first kappa shape index (κ1) is 16.0. The van der Waals surface area contributed by atoms with E-state index in [-0.39, 0.29) is 11.6 Å². The van der Waals surface area contributed by atoms with E-state index in [1.807, 2.05) is 0 Å². The summed E-state index contributed by atoms with van der Waals surface area (Å²) in [6.07, 6.45) is 2.67. The van der Waals surface area contributed by atoms with Gasteiger partial charge in [0.1, 0.15) is 0 Å². The van der Waals surface area contributed by atoms with Crippen molar-refractivity contribution in [1.82, 2.24) is 0 Å². The topological polar surface area (TPSA) is 72.2 Å². The van der Waals surface area contributed by atoms with Gasteiger partial charge in [-0.05, 0) is 36.4 Å². The monoisotopic (exact) mass is 336 g/mol. The summed E-state index contributed by atoms with van der Waals surface area (Å²) in [5.74, 6) is -0.384. The Morgan fingerprint density at radius 2 is 1.82 bits per heavy atom. The fourth-order valence-electron chi connectivity index (χ4n) is 1.66. The second kappa shape index (κ2) is 7.06. The normalized spacial score (nSPS) is 10.6. The summed E-state index contributed by atoms with van der Waals surface area (Å²) in [6, 6.07) is 10.6. The molecule has 1 amide bonds. The number of nitro groups is 1. The molecule has 0 heterocycles. The molecule has 0 aliphatic rings. The first-order valence-corrected chi connectivity index (χ1v) is 6.90. The molecule has 0 aliphatic carbocycles. The molecule has 2 rings (SSSR count). The second-order valence-corrected chi connectivity index (χ2v) is 5.14. The SMILES string of the molecule is O=C(C=Cc1cc([N+](=O)[O-])ccc1Cl)Nc1ccc(Cl)cc1. The maximum atomic E-state index is 11.8. The van der Waals surface area contributed by atoms with Crippen LogP contribution in [0.3, 0.4) is 0 Å². The molecule has 1 N–H and O–H groups in total. The van der Waals surface area contributed by atoms with Gasteiger partial charge in [-0.15, -0.1) is 0 Å². The number of carbonyl (C=O) groups excluding carboxylic acids is 1. The first-order chi connectivity index (χ1) is 10.5. The Bertz CT molecular complexity index is 743. The van der Waals surface area contributed by atoms with Crippen molar-refractivity contribution >= 4 is 46.6 Å². The van der Waals surface area contributed by atoms with Gasteiger partial charge in [0.2, 0.25) is 5.91 Å². The average Bonchev–Trinajstić information content (AvgIpc) is 2.48.